The van der Waals surface area contributed by atoms with Crippen molar-refractivity contribution >= 4 is 6.08 Å². The summed E-state index contributed by atoms with van der Waals surface area (Å²) in [4.78, 5) is 3.81. The summed E-state index contributed by atoms with van der Waals surface area (Å²) in [5, 5.41) is 3.96. The number of aryl methyl sites for hydroxylation is 1. The highest BCUT2D eigenvalue weighted by atomic mass is 19.3. The van der Waals surface area contributed by atoms with Gasteiger partial charge in [0.1, 0.15) is 0 Å². The highest BCUT2D eigenvalue weighted by Gasteiger charge is 2.17. The van der Waals surface area contributed by atoms with Crippen LogP contribution in [0.4, 0.5) is 8.78 Å². The van der Waals surface area contributed by atoms with Gasteiger partial charge in [0.2, 0.25) is 0 Å². The van der Waals surface area contributed by atoms with Gasteiger partial charge in [-0.2, -0.15) is 5.10 Å². The van der Waals surface area contributed by atoms with Crippen molar-refractivity contribution in [3.05, 3.63) is 42.2 Å². The first-order chi connectivity index (χ1) is 8.11. The van der Waals surface area contributed by atoms with Crippen LogP contribution >= 0.6 is 0 Å². The minimum absolute atomic E-state index is 0.304. The lowest BCUT2D eigenvalue weighted by atomic mass is 10.1. The number of alkyl halides is 2. The first kappa shape index (κ1) is 11.4. The van der Waals surface area contributed by atoms with E-state index in [1.807, 2.05) is 12.1 Å². The Kier molecular flexibility index (Phi) is 2.99. The van der Waals surface area contributed by atoms with Crippen LogP contribution < -0.4 is 0 Å². The molecule has 3 nitrogen and oxygen atoms in total. The van der Waals surface area contributed by atoms with Gasteiger partial charge in [-0.05, 0) is 5.56 Å². The summed E-state index contributed by atoms with van der Waals surface area (Å²) in [6.07, 6.45) is -0.908. The number of halogens is 2. The molecule has 0 saturated heterocycles. The summed E-state index contributed by atoms with van der Waals surface area (Å²) in [6.45, 7) is 3.64. The van der Waals surface area contributed by atoms with E-state index in [0.717, 1.165) is 10.2 Å². The molecule has 2 rings (SSSR count). The lowest BCUT2D eigenvalue weighted by molar-refractivity contribution is 0.135. The average molecular weight is 235 g/mol. The van der Waals surface area contributed by atoms with Gasteiger partial charge in [0.25, 0.3) is 6.43 Å². The molecule has 0 saturated carbocycles. The molecule has 0 aliphatic carbocycles. The quantitative estimate of drug-likeness (QED) is 0.818. The Morgan fingerprint density at radius 1 is 1.29 bits per heavy atom. The van der Waals surface area contributed by atoms with Crippen molar-refractivity contribution in [2.24, 2.45) is 7.05 Å². The molecule has 0 aliphatic rings. The zero-order chi connectivity index (χ0) is 12.4. The first-order valence-electron chi connectivity index (χ1n) is 5.04. The zero-order valence-corrected chi connectivity index (χ0v) is 9.27. The van der Waals surface area contributed by atoms with E-state index in [1.165, 1.54) is 7.05 Å². The number of hydrogen-bond donors (Lipinski definition) is 0. The monoisotopic (exact) mass is 235 g/mol. The third-order valence-electron chi connectivity index (χ3n) is 2.40. The Hall–Kier alpha value is -2.04. The fourth-order valence-electron chi connectivity index (χ4n) is 1.48. The minimum atomic E-state index is -2.62. The molecule has 88 valence electrons. The summed E-state index contributed by atoms with van der Waals surface area (Å²) >= 11 is 0. The standard InChI is InChI=1S/C12H11F2N3/c1-3-8-4-6-9(7-5-8)11-15-12(10(13)14)17(2)16-11/h3-7,10H,1H2,2H3. The molecule has 0 atom stereocenters. The maximum Gasteiger partial charge on any atom is 0.297 e. The first-order valence-corrected chi connectivity index (χ1v) is 5.04. The summed E-state index contributed by atoms with van der Waals surface area (Å²) in [7, 11) is 1.45. The summed E-state index contributed by atoms with van der Waals surface area (Å²) in [6, 6.07) is 7.23. The largest absolute Gasteiger partial charge is 0.297 e. The summed E-state index contributed by atoms with van der Waals surface area (Å²) in [5.41, 5.74) is 1.66. The van der Waals surface area contributed by atoms with Crippen LogP contribution in [0.15, 0.2) is 30.8 Å². The molecular weight excluding hydrogens is 224 g/mol. The maximum atomic E-state index is 12.5. The predicted molar refractivity (Wildman–Crippen MR) is 61.5 cm³/mol. The van der Waals surface area contributed by atoms with E-state index in [-0.39, 0.29) is 5.82 Å². The molecule has 0 fully saturated rings. The lowest BCUT2D eigenvalue weighted by Crippen LogP contribution is -1.98. The van der Waals surface area contributed by atoms with Gasteiger partial charge in [-0.15, -0.1) is 0 Å². The second-order valence-corrected chi connectivity index (χ2v) is 3.54. The lowest BCUT2D eigenvalue weighted by Gasteiger charge is -1.95. The molecular formula is C12H11F2N3. The Bertz CT molecular complexity index is 529. The molecule has 17 heavy (non-hydrogen) atoms. The third kappa shape index (κ3) is 2.22. The van der Waals surface area contributed by atoms with E-state index in [4.69, 9.17) is 0 Å². The molecule has 0 spiro atoms. The van der Waals surface area contributed by atoms with E-state index in [1.54, 1.807) is 18.2 Å². The second kappa shape index (κ2) is 4.45. The van der Waals surface area contributed by atoms with Gasteiger partial charge in [0.15, 0.2) is 11.6 Å². The van der Waals surface area contributed by atoms with Crippen LogP contribution in [0.25, 0.3) is 17.5 Å². The maximum absolute atomic E-state index is 12.5. The van der Waals surface area contributed by atoms with Gasteiger partial charge in [-0.1, -0.05) is 36.9 Å². The molecule has 0 N–H and O–H groups in total. The van der Waals surface area contributed by atoms with Crippen LogP contribution in [0.3, 0.4) is 0 Å². The molecule has 0 bridgehead atoms. The predicted octanol–water partition coefficient (Wildman–Crippen LogP) is 3.06. The normalized spacial score (nSPS) is 10.8. The van der Waals surface area contributed by atoms with Crippen molar-refractivity contribution in [3.63, 3.8) is 0 Å². The Morgan fingerprint density at radius 2 is 1.94 bits per heavy atom. The molecule has 0 unspecified atom stereocenters. The Labute approximate surface area is 97.4 Å². The van der Waals surface area contributed by atoms with E-state index in [9.17, 15) is 8.78 Å². The molecule has 2 aromatic rings. The number of hydrogen-bond acceptors (Lipinski definition) is 2. The van der Waals surface area contributed by atoms with E-state index < -0.39 is 6.43 Å². The van der Waals surface area contributed by atoms with Crippen LogP contribution in [-0.4, -0.2) is 14.8 Å². The average Bonchev–Trinajstić information content (AvgIpc) is 2.71. The molecule has 0 amide bonds. The van der Waals surface area contributed by atoms with Crippen molar-refractivity contribution < 1.29 is 8.78 Å². The highest BCUT2D eigenvalue weighted by Crippen LogP contribution is 2.21. The zero-order valence-electron chi connectivity index (χ0n) is 9.27. The third-order valence-corrected chi connectivity index (χ3v) is 2.40. The fraction of sp³-hybridized carbons (Fsp3) is 0.167. The van der Waals surface area contributed by atoms with Crippen molar-refractivity contribution in [1.82, 2.24) is 14.8 Å². The Morgan fingerprint density at radius 3 is 2.41 bits per heavy atom. The van der Waals surface area contributed by atoms with Crippen LogP contribution in [0, 0.1) is 0 Å². The molecule has 1 heterocycles. The van der Waals surface area contributed by atoms with Gasteiger partial charge in [0, 0.05) is 12.6 Å². The van der Waals surface area contributed by atoms with Crippen LogP contribution in [-0.2, 0) is 7.05 Å². The van der Waals surface area contributed by atoms with Crippen LogP contribution in [0.2, 0.25) is 0 Å². The minimum Gasteiger partial charge on any atom is -0.247 e. The van der Waals surface area contributed by atoms with Gasteiger partial charge in [-0.3, -0.25) is 0 Å². The smallest absolute Gasteiger partial charge is 0.247 e. The topological polar surface area (TPSA) is 30.7 Å². The van der Waals surface area contributed by atoms with E-state index >= 15 is 0 Å². The summed E-state index contributed by atoms with van der Waals surface area (Å²) in [5.74, 6) is -0.0220. The summed E-state index contributed by atoms with van der Waals surface area (Å²) < 4.78 is 26.2. The van der Waals surface area contributed by atoms with Gasteiger partial charge in [0.05, 0.1) is 0 Å². The Balaban J connectivity index is 2.39. The van der Waals surface area contributed by atoms with E-state index in [2.05, 4.69) is 16.7 Å². The van der Waals surface area contributed by atoms with Crippen LogP contribution in [0.5, 0.6) is 0 Å². The van der Waals surface area contributed by atoms with Gasteiger partial charge < -0.3 is 0 Å². The number of benzene rings is 1. The van der Waals surface area contributed by atoms with Gasteiger partial charge >= 0.3 is 0 Å². The van der Waals surface area contributed by atoms with Gasteiger partial charge in [-0.25, -0.2) is 18.4 Å². The molecule has 1 aromatic heterocycles. The van der Waals surface area contributed by atoms with Crippen molar-refractivity contribution in [3.8, 4) is 11.4 Å². The number of rotatable bonds is 3. The number of nitrogens with zero attached hydrogens (tertiary/aromatic N) is 3. The van der Waals surface area contributed by atoms with Crippen LogP contribution in [0.1, 0.15) is 17.8 Å². The van der Waals surface area contributed by atoms with Crippen molar-refractivity contribution in [2.45, 2.75) is 6.43 Å². The van der Waals surface area contributed by atoms with Crippen molar-refractivity contribution in [2.75, 3.05) is 0 Å². The van der Waals surface area contributed by atoms with E-state index in [0.29, 0.717) is 11.4 Å². The second-order valence-electron chi connectivity index (χ2n) is 3.54. The number of aromatic nitrogens is 3. The van der Waals surface area contributed by atoms with Crippen molar-refractivity contribution in [1.29, 1.82) is 0 Å². The molecule has 0 aliphatic heterocycles. The SMILES string of the molecule is C=Cc1ccc(-c2nc(C(F)F)n(C)n2)cc1. The highest BCUT2D eigenvalue weighted by molar-refractivity contribution is 5.58. The molecule has 5 heteroatoms. The fourth-order valence-corrected chi connectivity index (χ4v) is 1.48. The molecule has 1 aromatic carbocycles. The molecule has 0 radical (unpaired) electrons.